The van der Waals surface area contributed by atoms with Gasteiger partial charge in [-0.1, -0.05) is 75.2 Å². The summed E-state index contributed by atoms with van der Waals surface area (Å²) in [5.41, 5.74) is 3.50. The van der Waals surface area contributed by atoms with Gasteiger partial charge < -0.3 is 0 Å². The maximum absolute atomic E-state index is 2.85. The van der Waals surface area contributed by atoms with Crippen LogP contribution in [0.25, 0.3) is 0 Å². The average Bonchev–Trinajstić information content (AvgIpc) is 2.75. The van der Waals surface area contributed by atoms with Crippen LogP contribution in [0.2, 0.25) is 0 Å². The summed E-state index contributed by atoms with van der Waals surface area (Å²) in [6.07, 6.45) is 19.7. The summed E-state index contributed by atoms with van der Waals surface area (Å²) >= 11 is 0. The summed E-state index contributed by atoms with van der Waals surface area (Å²) in [6.45, 7) is 24.5. The zero-order valence-corrected chi connectivity index (χ0v) is 25.2. The zero-order valence-electron chi connectivity index (χ0n) is 25.2. The van der Waals surface area contributed by atoms with Crippen LogP contribution in [0.1, 0.15) is 146 Å². The van der Waals surface area contributed by atoms with E-state index in [1.165, 1.54) is 83.5 Å². The Labute approximate surface area is 219 Å². The Kier molecular flexibility index (Phi) is 5.46. The van der Waals surface area contributed by atoms with Gasteiger partial charge in [0, 0.05) is 0 Å². The molecule has 6 rings (SSSR count). The molecule has 0 aromatic heterocycles. The topological polar surface area (TPSA) is 0 Å². The molecule has 0 bridgehead atoms. The molecule has 0 aromatic carbocycles. The van der Waals surface area contributed by atoms with Crippen LogP contribution in [0.4, 0.5) is 0 Å². The van der Waals surface area contributed by atoms with Gasteiger partial charge in [0.2, 0.25) is 0 Å². The molecule has 200 valence electrons. The molecule has 35 heavy (non-hydrogen) atoms. The number of fused-ring (bicyclic) bond motifs is 9. The lowest BCUT2D eigenvalue weighted by Crippen LogP contribution is -2.67. The van der Waals surface area contributed by atoms with Gasteiger partial charge in [0.1, 0.15) is 0 Å². The molecular formula is C35H60. The average molecular weight is 481 g/mol. The smallest absolute Gasteiger partial charge is 0.0259 e. The highest BCUT2D eigenvalue weighted by atomic mass is 14.7. The number of hydrogen-bond donors (Lipinski definition) is 0. The molecule has 6 aliphatic rings. The van der Waals surface area contributed by atoms with E-state index in [1.807, 2.05) is 0 Å². The van der Waals surface area contributed by atoms with Crippen LogP contribution in [0, 0.1) is 73.9 Å². The monoisotopic (exact) mass is 480 g/mol. The first-order valence-corrected chi connectivity index (χ1v) is 16.2. The van der Waals surface area contributed by atoms with E-state index >= 15 is 0 Å². The fraction of sp³-hybridized carbons (Fsp3) is 1.00. The Morgan fingerprint density at radius 2 is 0.800 bits per heavy atom. The van der Waals surface area contributed by atoms with Crippen molar-refractivity contribution < 1.29 is 0 Å². The lowest BCUT2D eigenvalue weighted by molar-refractivity contribution is -0.254. The highest BCUT2D eigenvalue weighted by Crippen LogP contribution is 2.78. The Balaban J connectivity index is 1.35. The molecule has 12 atom stereocenters. The second kappa shape index (κ2) is 7.56. The van der Waals surface area contributed by atoms with E-state index in [9.17, 15) is 0 Å². The third-order valence-corrected chi connectivity index (χ3v) is 16.3. The maximum Gasteiger partial charge on any atom is -0.0259 e. The molecule has 0 heteroatoms. The van der Waals surface area contributed by atoms with Gasteiger partial charge in [-0.25, -0.2) is 0 Å². The van der Waals surface area contributed by atoms with Crippen molar-refractivity contribution in [2.45, 2.75) is 146 Å². The second-order valence-corrected chi connectivity index (χ2v) is 17.6. The van der Waals surface area contributed by atoms with E-state index in [4.69, 9.17) is 0 Å². The van der Waals surface area contributed by atoms with Crippen molar-refractivity contribution in [1.29, 1.82) is 0 Å². The molecule has 6 fully saturated rings. The Bertz CT molecular complexity index is 854. The summed E-state index contributed by atoms with van der Waals surface area (Å²) < 4.78 is 0. The zero-order chi connectivity index (χ0) is 25.2. The van der Waals surface area contributed by atoms with E-state index in [-0.39, 0.29) is 0 Å². The normalized spacial score (nSPS) is 61.5. The van der Waals surface area contributed by atoms with Crippen molar-refractivity contribution in [3.63, 3.8) is 0 Å². The minimum Gasteiger partial charge on any atom is -0.0622 e. The van der Waals surface area contributed by atoms with Crippen molar-refractivity contribution in [3.05, 3.63) is 0 Å². The van der Waals surface area contributed by atoms with Gasteiger partial charge in [-0.2, -0.15) is 0 Å². The molecule has 6 aliphatic carbocycles. The minimum atomic E-state index is 0.558. The lowest BCUT2D eigenvalue weighted by Gasteiger charge is -2.74. The van der Waals surface area contributed by atoms with Crippen LogP contribution in [-0.2, 0) is 0 Å². The van der Waals surface area contributed by atoms with Gasteiger partial charge in [-0.3, -0.25) is 0 Å². The van der Waals surface area contributed by atoms with Crippen LogP contribution >= 0.6 is 0 Å². The van der Waals surface area contributed by atoms with Crippen molar-refractivity contribution >= 4 is 0 Å². The molecule has 5 unspecified atom stereocenters. The van der Waals surface area contributed by atoms with Gasteiger partial charge in [-0.15, -0.1) is 0 Å². The summed E-state index contributed by atoms with van der Waals surface area (Å²) in [5, 5.41) is 0. The first-order chi connectivity index (χ1) is 16.2. The van der Waals surface area contributed by atoms with Crippen LogP contribution in [0.3, 0.4) is 0 Å². The standard InChI is InChI=1S/C35H60/c1-23-11-12-26-31(5,24(23)2)19-14-28-33(26,7)21-16-29-34(8)20-13-25-30(3,4)17-10-18-32(25,6)27(34)15-22-35(28,29)9/h23-29H,10-22H2,1-9H3/t23-,24+,25?,26?,27?,28?,29?,31-,32+,33+,34-,35-/m1/s1. The molecule has 0 heterocycles. The second-order valence-electron chi connectivity index (χ2n) is 17.6. The molecular weight excluding hydrogens is 420 g/mol. The van der Waals surface area contributed by atoms with E-state index < -0.39 is 0 Å². The van der Waals surface area contributed by atoms with Crippen molar-refractivity contribution in [1.82, 2.24) is 0 Å². The Morgan fingerprint density at radius 1 is 0.400 bits per heavy atom. The van der Waals surface area contributed by atoms with Crippen LogP contribution in [0.15, 0.2) is 0 Å². The van der Waals surface area contributed by atoms with Crippen LogP contribution in [-0.4, -0.2) is 0 Å². The molecule has 0 spiro atoms. The molecule has 0 saturated heterocycles. The molecule has 0 aliphatic heterocycles. The largest absolute Gasteiger partial charge is 0.0622 e. The quantitative estimate of drug-likeness (QED) is 0.323. The summed E-state index contributed by atoms with van der Waals surface area (Å²) in [5.74, 6) is 6.67. The van der Waals surface area contributed by atoms with E-state index in [0.717, 1.165) is 41.4 Å². The SMILES string of the molecule is C[C@@H]1CCC2[C@]3(C)CCC4[C@]5(C)CCC6C(C)(C)CCC[C@]6(C)C5CC[C@]4(C)C3CC[C@]2(C)[C@H]1C. The fourth-order valence-corrected chi connectivity index (χ4v) is 14.6. The highest BCUT2D eigenvalue weighted by molar-refractivity contribution is 5.19. The highest BCUT2D eigenvalue weighted by Gasteiger charge is 2.70. The lowest BCUT2D eigenvalue weighted by atomic mass is 9.30. The van der Waals surface area contributed by atoms with Crippen molar-refractivity contribution in [2.24, 2.45) is 73.9 Å². The third-order valence-electron chi connectivity index (χ3n) is 16.3. The predicted octanol–water partition coefficient (Wildman–Crippen LogP) is 10.6. The molecule has 0 nitrogen and oxygen atoms in total. The Hall–Kier alpha value is 0. The van der Waals surface area contributed by atoms with Crippen molar-refractivity contribution in [3.8, 4) is 0 Å². The van der Waals surface area contributed by atoms with E-state index in [2.05, 4.69) is 62.3 Å². The number of rotatable bonds is 0. The summed E-state index contributed by atoms with van der Waals surface area (Å²) in [6, 6.07) is 0. The molecule has 0 N–H and O–H groups in total. The van der Waals surface area contributed by atoms with Crippen molar-refractivity contribution in [2.75, 3.05) is 0 Å². The molecule has 0 aromatic rings. The third kappa shape index (κ3) is 3.04. The minimum absolute atomic E-state index is 0.558. The number of hydrogen-bond acceptors (Lipinski definition) is 0. The van der Waals surface area contributed by atoms with Gasteiger partial charge in [0.05, 0.1) is 0 Å². The first-order valence-electron chi connectivity index (χ1n) is 16.2. The maximum atomic E-state index is 2.85. The molecule has 0 amide bonds. The van der Waals surface area contributed by atoms with E-state index in [1.54, 1.807) is 0 Å². The fourth-order valence-electron chi connectivity index (χ4n) is 14.6. The van der Waals surface area contributed by atoms with E-state index in [0.29, 0.717) is 32.5 Å². The molecule has 6 saturated carbocycles. The van der Waals surface area contributed by atoms with Gasteiger partial charge in [0.15, 0.2) is 0 Å². The molecule has 0 radical (unpaired) electrons. The predicted molar refractivity (Wildman–Crippen MR) is 150 cm³/mol. The Morgan fingerprint density at radius 3 is 1.31 bits per heavy atom. The van der Waals surface area contributed by atoms with Gasteiger partial charge >= 0.3 is 0 Å². The first kappa shape index (κ1) is 25.3. The van der Waals surface area contributed by atoms with Gasteiger partial charge in [-0.05, 0) is 145 Å². The van der Waals surface area contributed by atoms with Crippen LogP contribution in [0.5, 0.6) is 0 Å². The summed E-state index contributed by atoms with van der Waals surface area (Å²) in [4.78, 5) is 0. The van der Waals surface area contributed by atoms with Crippen LogP contribution < -0.4 is 0 Å². The van der Waals surface area contributed by atoms with Gasteiger partial charge in [0.25, 0.3) is 0 Å². The summed E-state index contributed by atoms with van der Waals surface area (Å²) in [7, 11) is 0.